The summed E-state index contributed by atoms with van der Waals surface area (Å²) in [6.07, 6.45) is 14.9. The Balaban J connectivity index is 2.03. The first-order chi connectivity index (χ1) is 14.2. The van der Waals surface area contributed by atoms with Gasteiger partial charge in [0.15, 0.2) is 5.52 Å². The van der Waals surface area contributed by atoms with Crippen molar-refractivity contribution >= 4 is 22.4 Å². The van der Waals surface area contributed by atoms with E-state index in [0.717, 1.165) is 31.6 Å². The molecule has 2 rings (SSSR count). The summed E-state index contributed by atoms with van der Waals surface area (Å²) in [5.41, 5.74) is 1.58. The maximum absolute atomic E-state index is 11.3. The molecule has 7 nitrogen and oxygen atoms in total. The van der Waals surface area contributed by atoms with Crippen LogP contribution in [0.2, 0.25) is 0 Å². The summed E-state index contributed by atoms with van der Waals surface area (Å²) in [4.78, 5) is 13.2. The smallest absolute Gasteiger partial charge is 0.300 e. The number of non-ortho nitro benzene ring substituents is 1. The second kappa shape index (κ2) is 13.1. The number of aromatic nitrogens is 2. The van der Waals surface area contributed by atoms with Crippen LogP contribution in [0.1, 0.15) is 90.9 Å². The van der Waals surface area contributed by atoms with Crippen LogP contribution in [0.25, 0.3) is 11.0 Å². The lowest BCUT2D eigenvalue weighted by atomic mass is 10.1. The molecule has 0 atom stereocenters. The van der Waals surface area contributed by atoms with Gasteiger partial charge < -0.3 is 4.90 Å². The van der Waals surface area contributed by atoms with Gasteiger partial charge in [-0.3, -0.25) is 10.1 Å². The molecule has 0 aliphatic rings. The van der Waals surface area contributed by atoms with Crippen LogP contribution in [0.15, 0.2) is 16.8 Å². The lowest BCUT2D eigenvalue weighted by Gasteiger charge is -2.25. The molecule has 0 spiro atoms. The number of nitro groups is 1. The highest BCUT2D eigenvalue weighted by atomic mass is 16.6. The first kappa shape index (κ1) is 23.1. The summed E-state index contributed by atoms with van der Waals surface area (Å²) in [7, 11) is 0. The van der Waals surface area contributed by atoms with Gasteiger partial charge in [0, 0.05) is 19.2 Å². The fourth-order valence-electron chi connectivity index (χ4n) is 3.76. The van der Waals surface area contributed by atoms with Crippen molar-refractivity contribution in [1.82, 2.24) is 10.3 Å². The van der Waals surface area contributed by atoms with Crippen molar-refractivity contribution < 1.29 is 9.55 Å². The second-order valence-corrected chi connectivity index (χ2v) is 7.84. The van der Waals surface area contributed by atoms with Gasteiger partial charge in [-0.25, -0.2) is 4.63 Å². The standard InChI is InChI=1S/C22H36N4O3/c1-3-5-7-9-11-13-17-25(18-14-12-10-8-6-4-2)19-15-16-20(26(27)28)22-21(19)23-29-24-22/h15-16H,3-14,17-18H2,1-2H3. The number of fused-ring (bicyclic) bond motifs is 1. The van der Waals surface area contributed by atoms with Crippen LogP contribution >= 0.6 is 0 Å². The molecule has 1 aromatic heterocycles. The van der Waals surface area contributed by atoms with Crippen molar-refractivity contribution in [2.75, 3.05) is 18.0 Å². The van der Waals surface area contributed by atoms with Crippen LogP contribution in [-0.2, 0) is 0 Å². The number of nitro benzene ring substituents is 1. The Morgan fingerprint density at radius 1 is 0.828 bits per heavy atom. The third-order valence-electron chi connectivity index (χ3n) is 5.47. The number of unbranched alkanes of at least 4 members (excludes halogenated alkanes) is 10. The van der Waals surface area contributed by atoms with Crippen molar-refractivity contribution in [3.8, 4) is 0 Å². The molecule has 162 valence electrons. The molecular formula is C22H36N4O3. The molecule has 0 fully saturated rings. The highest BCUT2D eigenvalue weighted by Gasteiger charge is 2.22. The second-order valence-electron chi connectivity index (χ2n) is 7.84. The van der Waals surface area contributed by atoms with Crippen LogP contribution in [-0.4, -0.2) is 28.3 Å². The normalized spacial score (nSPS) is 11.2. The first-order valence-corrected chi connectivity index (χ1v) is 11.3. The van der Waals surface area contributed by atoms with E-state index in [1.54, 1.807) is 6.07 Å². The summed E-state index contributed by atoms with van der Waals surface area (Å²) in [6.45, 7) is 6.32. The zero-order chi connectivity index (χ0) is 20.9. The fraction of sp³-hybridized carbons (Fsp3) is 0.727. The summed E-state index contributed by atoms with van der Waals surface area (Å²) >= 11 is 0. The highest BCUT2D eigenvalue weighted by molar-refractivity contribution is 5.93. The number of hydrogen-bond acceptors (Lipinski definition) is 6. The van der Waals surface area contributed by atoms with Crippen molar-refractivity contribution in [3.05, 3.63) is 22.2 Å². The van der Waals surface area contributed by atoms with Crippen molar-refractivity contribution in [3.63, 3.8) is 0 Å². The predicted molar refractivity (Wildman–Crippen MR) is 117 cm³/mol. The molecular weight excluding hydrogens is 368 g/mol. The molecule has 1 aromatic carbocycles. The fourth-order valence-corrected chi connectivity index (χ4v) is 3.76. The van der Waals surface area contributed by atoms with Crippen LogP contribution in [0, 0.1) is 10.1 Å². The Labute approximate surface area is 174 Å². The van der Waals surface area contributed by atoms with Gasteiger partial charge in [-0.05, 0) is 29.2 Å². The summed E-state index contributed by atoms with van der Waals surface area (Å²) in [5, 5.41) is 19.0. The lowest BCUT2D eigenvalue weighted by Crippen LogP contribution is -2.26. The lowest BCUT2D eigenvalue weighted by molar-refractivity contribution is -0.383. The number of benzene rings is 1. The Kier molecular flexibility index (Phi) is 10.5. The molecule has 0 radical (unpaired) electrons. The minimum absolute atomic E-state index is 0.0518. The minimum Gasteiger partial charge on any atom is -0.370 e. The number of nitrogens with zero attached hydrogens (tertiary/aromatic N) is 4. The largest absolute Gasteiger partial charge is 0.370 e. The van der Waals surface area contributed by atoms with Crippen molar-refractivity contribution in [2.24, 2.45) is 0 Å². The van der Waals surface area contributed by atoms with Gasteiger partial charge in [0.05, 0.1) is 10.6 Å². The molecule has 0 bridgehead atoms. The predicted octanol–water partition coefficient (Wildman–Crippen LogP) is 6.66. The zero-order valence-electron chi connectivity index (χ0n) is 18.1. The van der Waals surface area contributed by atoms with Crippen LogP contribution in [0.4, 0.5) is 11.4 Å². The Bertz CT molecular complexity index is 716. The van der Waals surface area contributed by atoms with Gasteiger partial charge in [-0.15, -0.1) is 0 Å². The van der Waals surface area contributed by atoms with E-state index in [-0.39, 0.29) is 11.2 Å². The quantitative estimate of drug-likeness (QED) is 0.177. The van der Waals surface area contributed by atoms with E-state index in [4.69, 9.17) is 4.63 Å². The van der Waals surface area contributed by atoms with Gasteiger partial charge in [0.1, 0.15) is 0 Å². The van der Waals surface area contributed by atoms with E-state index in [1.165, 1.54) is 70.3 Å². The van der Waals surface area contributed by atoms with Crippen LogP contribution in [0.3, 0.4) is 0 Å². The average molecular weight is 405 g/mol. The van der Waals surface area contributed by atoms with Gasteiger partial charge in [0.2, 0.25) is 5.52 Å². The molecule has 7 heteroatoms. The van der Waals surface area contributed by atoms with Gasteiger partial charge in [-0.1, -0.05) is 78.1 Å². The summed E-state index contributed by atoms with van der Waals surface area (Å²) < 4.78 is 4.86. The van der Waals surface area contributed by atoms with E-state index in [0.29, 0.717) is 5.52 Å². The molecule has 0 aliphatic heterocycles. The third kappa shape index (κ3) is 7.29. The van der Waals surface area contributed by atoms with Gasteiger partial charge >= 0.3 is 5.69 Å². The molecule has 0 saturated carbocycles. The topological polar surface area (TPSA) is 85.3 Å². The third-order valence-corrected chi connectivity index (χ3v) is 5.47. The maximum Gasteiger partial charge on any atom is 0.300 e. The number of anilines is 1. The van der Waals surface area contributed by atoms with Gasteiger partial charge in [0.25, 0.3) is 0 Å². The van der Waals surface area contributed by atoms with E-state index < -0.39 is 4.92 Å². The number of rotatable bonds is 16. The zero-order valence-corrected chi connectivity index (χ0v) is 18.1. The minimum atomic E-state index is -0.428. The molecule has 29 heavy (non-hydrogen) atoms. The molecule has 0 aliphatic carbocycles. The van der Waals surface area contributed by atoms with E-state index in [9.17, 15) is 10.1 Å². The summed E-state index contributed by atoms with van der Waals surface area (Å²) in [6, 6.07) is 3.33. The maximum atomic E-state index is 11.3. The molecule has 2 aromatic rings. The monoisotopic (exact) mass is 404 g/mol. The molecule has 0 saturated heterocycles. The Hall–Kier alpha value is -2.18. The van der Waals surface area contributed by atoms with Gasteiger partial charge in [-0.2, -0.15) is 0 Å². The molecule has 0 amide bonds. The van der Waals surface area contributed by atoms with E-state index in [2.05, 4.69) is 29.1 Å². The van der Waals surface area contributed by atoms with E-state index >= 15 is 0 Å². The van der Waals surface area contributed by atoms with Crippen LogP contribution in [0.5, 0.6) is 0 Å². The Morgan fingerprint density at radius 2 is 1.34 bits per heavy atom. The van der Waals surface area contributed by atoms with Crippen molar-refractivity contribution in [1.29, 1.82) is 0 Å². The first-order valence-electron chi connectivity index (χ1n) is 11.3. The number of hydrogen-bond donors (Lipinski definition) is 0. The Morgan fingerprint density at radius 3 is 1.90 bits per heavy atom. The van der Waals surface area contributed by atoms with Crippen LogP contribution < -0.4 is 4.90 Å². The molecule has 1 heterocycles. The molecule has 0 unspecified atom stereocenters. The van der Waals surface area contributed by atoms with Crippen molar-refractivity contribution in [2.45, 2.75) is 90.9 Å². The highest BCUT2D eigenvalue weighted by Crippen LogP contribution is 2.31. The SMILES string of the molecule is CCCCCCCCN(CCCCCCCC)c1ccc([N+](=O)[O-])c2nonc12. The summed E-state index contributed by atoms with van der Waals surface area (Å²) in [5.74, 6) is 0. The molecule has 0 N–H and O–H groups in total. The average Bonchev–Trinajstić information content (AvgIpc) is 3.20. The van der Waals surface area contributed by atoms with E-state index in [1.807, 2.05) is 0 Å².